The smallest absolute Gasteiger partial charge is 0.261 e. The first-order valence-electron chi connectivity index (χ1n) is 12.3. The Morgan fingerprint density at radius 1 is 1.17 bits per heavy atom. The molecule has 5 rings (SSSR count). The van der Waals surface area contributed by atoms with Gasteiger partial charge in [-0.2, -0.15) is 0 Å². The Labute approximate surface area is 207 Å². The van der Waals surface area contributed by atoms with E-state index in [1.165, 1.54) is 0 Å². The minimum absolute atomic E-state index is 0.0309. The van der Waals surface area contributed by atoms with E-state index in [2.05, 4.69) is 15.0 Å². The molecule has 1 aliphatic rings. The van der Waals surface area contributed by atoms with Crippen LogP contribution in [0.4, 0.5) is 0 Å². The number of aryl methyl sites for hydroxylation is 2. The van der Waals surface area contributed by atoms with E-state index in [9.17, 15) is 14.4 Å². The van der Waals surface area contributed by atoms with Crippen LogP contribution in [0.15, 0.2) is 58.4 Å². The van der Waals surface area contributed by atoms with Crippen LogP contribution in [-0.2, 0) is 22.6 Å². The largest absolute Gasteiger partial charge is 0.376 e. The highest BCUT2D eigenvalue weighted by atomic mass is 16.5. The predicted octanol–water partition coefficient (Wildman–Crippen LogP) is 2.93. The highest BCUT2D eigenvalue weighted by Gasteiger charge is 2.23. The lowest BCUT2D eigenvalue weighted by molar-refractivity contribution is -0.133. The van der Waals surface area contributed by atoms with Crippen molar-refractivity contribution >= 4 is 27.7 Å². The van der Waals surface area contributed by atoms with Gasteiger partial charge in [0.2, 0.25) is 5.91 Å². The number of carbonyl (C=O) groups excluding carboxylic acids is 1. The molecule has 1 aliphatic heterocycles. The number of aromatic amines is 1. The Morgan fingerprint density at radius 3 is 2.83 bits per heavy atom. The number of nitrogens with zero attached hydrogens (tertiary/aromatic N) is 4. The normalized spacial score (nSPS) is 15.5. The van der Waals surface area contributed by atoms with E-state index in [1.54, 1.807) is 40.1 Å². The number of para-hydroxylation sites is 2. The summed E-state index contributed by atoms with van der Waals surface area (Å²) in [7, 11) is 0. The minimum Gasteiger partial charge on any atom is -0.376 e. The van der Waals surface area contributed by atoms with Crippen molar-refractivity contribution in [1.29, 1.82) is 0 Å². The molecule has 1 N–H and O–H groups in total. The number of aromatic nitrogens is 4. The Kier molecular flexibility index (Phi) is 6.90. The monoisotopic (exact) mass is 487 g/mol. The first-order valence-corrected chi connectivity index (χ1v) is 12.3. The summed E-state index contributed by atoms with van der Waals surface area (Å²) in [6.07, 6.45) is 4.12. The van der Waals surface area contributed by atoms with E-state index < -0.39 is 0 Å². The average molecular weight is 488 g/mol. The second-order valence-corrected chi connectivity index (χ2v) is 9.26. The average Bonchev–Trinajstić information content (AvgIpc) is 3.39. The summed E-state index contributed by atoms with van der Waals surface area (Å²) in [5.74, 6) is 0.370. The zero-order valence-corrected chi connectivity index (χ0v) is 20.3. The molecule has 9 heteroatoms. The van der Waals surface area contributed by atoms with Crippen molar-refractivity contribution in [2.75, 3.05) is 13.2 Å². The lowest BCUT2D eigenvalue weighted by atomic mass is 10.1. The Balaban J connectivity index is 1.30. The molecule has 0 aliphatic carbocycles. The molecule has 0 saturated carbocycles. The number of ether oxygens (including phenoxy) is 1. The molecule has 0 spiro atoms. The van der Waals surface area contributed by atoms with Crippen LogP contribution in [0.3, 0.4) is 0 Å². The fourth-order valence-corrected chi connectivity index (χ4v) is 4.73. The summed E-state index contributed by atoms with van der Waals surface area (Å²) < 4.78 is 7.32. The first-order chi connectivity index (χ1) is 17.5. The quantitative estimate of drug-likeness (QED) is 0.409. The maximum absolute atomic E-state index is 13.3. The van der Waals surface area contributed by atoms with Gasteiger partial charge in [-0.1, -0.05) is 24.3 Å². The summed E-state index contributed by atoms with van der Waals surface area (Å²) in [6, 6.07) is 12.7. The number of benzene rings is 2. The van der Waals surface area contributed by atoms with Crippen LogP contribution < -0.4 is 11.1 Å². The standard InChI is InChI=1S/C27H29N5O4/c1-18-7-4-10-21-25(18)28-17-31(27(21)35)13-5-12-24(33)32(15-19-8-6-14-36-19)16-23-29-22-11-3-2-9-20(22)26(34)30-23/h2-4,7,9-11,17,19H,5-6,8,12-16H2,1H3,(H,29,30,34). The summed E-state index contributed by atoms with van der Waals surface area (Å²) >= 11 is 0. The van der Waals surface area contributed by atoms with Gasteiger partial charge in [-0.3, -0.25) is 19.0 Å². The fourth-order valence-electron chi connectivity index (χ4n) is 4.73. The summed E-state index contributed by atoms with van der Waals surface area (Å²) in [4.78, 5) is 52.2. The van der Waals surface area contributed by atoms with Crippen molar-refractivity contribution < 1.29 is 9.53 Å². The molecule has 36 heavy (non-hydrogen) atoms. The molecule has 0 bridgehead atoms. The predicted molar refractivity (Wildman–Crippen MR) is 137 cm³/mol. The molecule has 1 fully saturated rings. The van der Waals surface area contributed by atoms with Crippen molar-refractivity contribution in [2.45, 2.75) is 51.8 Å². The molecule has 186 valence electrons. The van der Waals surface area contributed by atoms with E-state index in [-0.39, 0.29) is 36.1 Å². The zero-order valence-electron chi connectivity index (χ0n) is 20.3. The van der Waals surface area contributed by atoms with Crippen LogP contribution in [0.1, 0.15) is 37.1 Å². The number of amides is 1. The maximum Gasteiger partial charge on any atom is 0.261 e. The number of hydrogen-bond donors (Lipinski definition) is 1. The van der Waals surface area contributed by atoms with E-state index in [0.29, 0.717) is 53.7 Å². The van der Waals surface area contributed by atoms with Crippen molar-refractivity contribution in [2.24, 2.45) is 0 Å². The van der Waals surface area contributed by atoms with E-state index in [1.807, 2.05) is 25.1 Å². The molecule has 1 unspecified atom stereocenters. The highest BCUT2D eigenvalue weighted by Crippen LogP contribution is 2.16. The van der Waals surface area contributed by atoms with Gasteiger partial charge < -0.3 is 14.6 Å². The number of fused-ring (bicyclic) bond motifs is 2. The molecule has 1 atom stereocenters. The molecular formula is C27H29N5O4. The molecule has 0 radical (unpaired) electrons. The lowest BCUT2D eigenvalue weighted by Crippen LogP contribution is -2.38. The first kappa shape index (κ1) is 23.9. The molecular weight excluding hydrogens is 458 g/mol. The number of rotatable bonds is 8. The number of carbonyl (C=O) groups is 1. The molecule has 2 aromatic carbocycles. The Bertz CT molecular complexity index is 1520. The SMILES string of the molecule is Cc1cccc2c(=O)n(CCCC(=O)N(Cc3nc4ccccc4c(=O)[nH]3)CC3CCCO3)cnc12. The molecule has 1 saturated heterocycles. The van der Waals surface area contributed by atoms with Crippen molar-refractivity contribution in [3.63, 3.8) is 0 Å². The van der Waals surface area contributed by atoms with Gasteiger partial charge in [-0.05, 0) is 49.9 Å². The third-order valence-corrected chi connectivity index (χ3v) is 6.65. The third-order valence-electron chi connectivity index (χ3n) is 6.65. The van der Waals surface area contributed by atoms with Gasteiger partial charge in [0.15, 0.2) is 0 Å². The summed E-state index contributed by atoms with van der Waals surface area (Å²) in [5.41, 5.74) is 1.93. The summed E-state index contributed by atoms with van der Waals surface area (Å²) in [6.45, 7) is 3.63. The van der Waals surface area contributed by atoms with Crippen molar-refractivity contribution in [1.82, 2.24) is 24.4 Å². The second kappa shape index (κ2) is 10.4. The van der Waals surface area contributed by atoms with Gasteiger partial charge in [0.1, 0.15) is 5.82 Å². The number of nitrogens with one attached hydrogen (secondary N) is 1. The van der Waals surface area contributed by atoms with Gasteiger partial charge in [0.05, 0.1) is 40.8 Å². The van der Waals surface area contributed by atoms with Crippen LogP contribution in [0.5, 0.6) is 0 Å². The number of hydrogen-bond acceptors (Lipinski definition) is 6. The lowest BCUT2D eigenvalue weighted by Gasteiger charge is -2.25. The van der Waals surface area contributed by atoms with Gasteiger partial charge in [0, 0.05) is 26.1 Å². The van der Waals surface area contributed by atoms with Crippen molar-refractivity contribution in [3.05, 3.63) is 80.9 Å². The minimum atomic E-state index is -0.224. The molecule has 2 aromatic heterocycles. The van der Waals surface area contributed by atoms with Gasteiger partial charge in [-0.15, -0.1) is 0 Å². The Morgan fingerprint density at radius 2 is 2.00 bits per heavy atom. The van der Waals surface area contributed by atoms with E-state index in [4.69, 9.17) is 4.74 Å². The van der Waals surface area contributed by atoms with Gasteiger partial charge in [0.25, 0.3) is 11.1 Å². The molecule has 9 nitrogen and oxygen atoms in total. The Hall–Kier alpha value is -3.85. The molecule has 3 heterocycles. The van der Waals surface area contributed by atoms with Crippen molar-refractivity contribution in [3.8, 4) is 0 Å². The molecule has 4 aromatic rings. The van der Waals surface area contributed by atoms with Gasteiger partial charge in [-0.25, -0.2) is 9.97 Å². The van der Waals surface area contributed by atoms with Crippen LogP contribution >= 0.6 is 0 Å². The maximum atomic E-state index is 13.3. The summed E-state index contributed by atoms with van der Waals surface area (Å²) in [5, 5.41) is 1.10. The van der Waals surface area contributed by atoms with E-state index >= 15 is 0 Å². The van der Waals surface area contributed by atoms with Crippen LogP contribution in [-0.4, -0.2) is 49.6 Å². The molecule has 1 amide bonds. The highest BCUT2D eigenvalue weighted by molar-refractivity contribution is 5.80. The van der Waals surface area contributed by atoms with Crippen LogP contribution in [0.2, 0.25) is 0 Å². The topological polar surface area (TPSA) is 110 Å². The van der Waals surface area contributed by atoms with E-state index in [0.717, 1.165) is 18.4 Å². The number of H-pyrrole nitrogens is 1. The third kappa shape index (κ3) is 5.06. The van der Waals surface area contributed by atoms with Gasteiger partial charge >= 0.3 is 0 Å². The van der Waals surface area contributed by atoms with Crippen LogP contribution in [0, 0.1) is 6.92 Å². The zero-order chi connectivity index (χ0) is 25.1. The second-order valence-electron chi connectivity index (χ2n) is 9.26. The fraction of sp³-hybridized carbons (Fsp3) is 0.370. The van der Waals surface area contributed by atoms with Crippen LogP contribution in [0.25, 0.3) is 21.8 Å².